The summed E-state index contributed by atoms with van der Waals surface area (Å²) in [5, 5.41) is 6.87. The number of hydrogen-bond acceptors (Lipinski definition) is 7. The largest absolute Gasteiger partial charge is 0.486 e. The van der Waals surface area contributed by atoms with Gasteiger partial charge in [0.2, 0.25) is 11.8 Å². The molecule has 150 valence electrons. The average Bonchev–Trinajstić information content (AvgIpc) is 3.55. The predicted molar refractivity (Wildman–Crippen MR) is 106 cm³/mol. The first kappa shape index (κ1) is 18.0. The van der Waals surface area contributed by atoms with Gasteiger partial charge in [-0.05, 0) is 25.0 Å². The van der Waals surface area contributed by atoms with Gasteiger partial charge in [0.25, 0.3) is 5.56 Å². The minimum absolute atomic E-state index is 0.0689. The van der Waals surface area contributed by atoms with Crippen LogP contribution in [-0.4, -0.2) is 46.6 Å². The molecule has 1 aliphatic carbocycles. The van der Waals surface area contributed by atoms with Gasteiger partial charge in [0, 0.05) is 17.8 Å². The smallest absolute Gasteiger partial charge is 0.292 e. The first-order valence-corrected chi connectivity index (χ1v) is 10.3. The van der Waals surface area contributed by atoms with Crippen molar-refractivity contribution in [1.82, 2.24) is 9.78 Å². The molecule has 3 aliphatic rings. The van der Waals surface area contributed by atoms with Crippen molar-refractivity contribution in [2.75, 3.05) is 29.2 Å². The molecule has 1 N–H and O–H groups in total. The molecule has 2 aromatic rings. The Bertz CT molecular complexity index is 1070. The second-order valence-electron chi connectivity index (χ2n) is 7.01. The lowest BCUT2D eigenvalue weighted by Gasteiger charge is -2.28. The van der Waals surface area contributed by atoms with Gasteiger partial charge in [-0.25, -0.2) is 4.68 Å². The number of benzene rings is 1. The van der Waals surface area contributed by atoms with E-state index in [2.05, 4.69) is 10.4 Å². The number of amides is 2. The molecule has 1 aromatic carbocycles. The van der Waals surface area contributed by atoms with Crippen molar-refractivity contribution in [1.29, 1.82) is 0 Å². The van der Waals surface area contributed by atoms with Gasteiger partial charge in [-0.3, -0.25) is 14.4 Å². The Labute approximate surface area is 170 Å². The van der Waals surface area contributed by atoms with Gasteiger partial charge in [0.1, 0.15) is 25.4 Å². The molecular weight excluding hydrogens is 396 g/mol. The van der Waals surface area contributed by atoms with E-state index in [4.69, 9.17) is 9.47 Å². The van der Waals surface area contributed by atoms with Crippen molar-refractivity contribution in [2.24, 2.45) is 0 Å². The van der Waals surface area contributed by atoms with Crippen LogP contribution in [0.2, 0.25) is 0 Å². The third-order valence-corrected chi connectivity index (χ3v) is 5.88. The molecule has 9 nitrogen and oxygen atoms in total. The summed E-state index contributed by atoms with van der Waals surface area (Å²) in [5.74, 6) is 1.03. The zero-order chi connectivity index (χ0) is 20.0. The summed E-state index contributed by atoms with van der Waals surface area (Å²) in [6, 6.07) is 5.19. The monoisotopic (exact) mass is 414 g/mol. The zero-order valence-electron chi connectivity index (χ0n) is 15.4. The Morgan fingerprint density at radius 3 is 2.79 bits per heavy atom. The molecule has 2 amide bonds. The standard InChI is InChI=1S/C19H18N4O5S/c24-16(21-11-1-4-13-14(7-11)28-6-5-27-13)9-22-19(26)18-15(8-20-22)29-10-17(25)23(18)12-2-3-12/h1,4,7-8,12H,2-3,5-6,9-10H2,(H,21,24). The minimum atomic E-state index is -0.424. The highest BCUT2D eigenvalue weighted by molar-refractivity contribution is 8.00. The van der Waals surface area contributed by atoms with Crippen LogP contribution in [-0.2, 0) is 16.1 Å². The van der Waals surface area contributed by atoms with Gasteiger partial charge in [0.15, 0.2) is 11.5 Å². The van der Waals surface area contributed by atoms with Crippen molar-refractivity contribution < 1.29 is 19.1 Å². The molecule has 0 bridgehead atoms. The van der Waals surface area contributed by atoms with E-state index >= 15 is 0 Å². The van der Waals surface area contributed by atoms with E-state index in [-0.39, 0.29) is 18.5 Å². The number of anilines is 2. The molecule has 5 rings (SSSR count). The summed E-state index contributed by atoms with van der Waals surface area (Å²) in [6.45, 7) is 0.690. The Kier molecular flexibility index (Phi) is 4.42. The van der Waals surface area contributed by atoms with Gasteiger partial charge in [-0.2, -0.15) is 5.10 Å². The quantitative estimate of drug-likeness (QED) is 0.803. The fraction of sp³-hybridized carbons (Fsp3) is 0.368. The molecule has 1 saturated carbocycles. The molecule has 0 atom stereocenters. The lowest BCUT2D eigenvalue weighted by molar-refractivity contribution is -0.117. The molecule has 29 heavy (non-hydrogen) atoms. The second-order valence-corrected chi connectivity index (χ2v) is 8.03. The summed E-state index contributed by atoms with van der Waals surface area (Å²) in [5.41, 5.74) is 0.457. The Morgan fingerprint density at radius 1 is 1.21 bits per heavy atom. The van der Waals surface area contributed by atoms with E-state index in [0.29, 0.717) is 46.7 Å². The van der Waals surface area contributed by atoms with E-state index in [1.165, 1.54) is 11.8 Å². The molecule has 1 fully saturated rings. The van der Waals surface area contributed by atoms with Crippen LogP contribution in [0.5, 0.6) is 11.5 Å². The Morgan fingerprint density at radius 2 is 2.00 bits per heavy atom. The van der Waals surface area contributed by atoms with Crippen LogP contribution in [0.15, 0.2) is 34.1 Å². The highest BCUT2D eigenvalue weighted by Gasteiger charge is 2.39. The summed E-state index contributed by atoms with van der Waals surface area (Å²) in [7, 11) is 0. The predicted octanol–water partition coefficient (Wildman–Crippen LogP) is 1.25. The van der Waals surface area contributed by atoms with Crippen LogP contribution in [0.25, 0.3) is 0 Å². The van der Waals surface area contributed by atoms with Crippen LogP contribution >= 0.6 is 11.8 Å². The highest BCUT2D eigenvalue weighted by atomic mass is 32.2. The number of carbonyl (C=O) groups is 2. The summed E-state index contributed by atoms with van der Waals surface area (Å²) in [6.07, 6.45) is 3.34. The van der Waals surface area contributed by atoms with Crippen LogP contribution in [0, 0.1) is 0 Å². The molecule has 0 unspecified atom stereocenters. The van der Waals surface area contributed by atoms with E-state index < -0.39 is 11.5 Å². The lowest BCUT2D eigenvalue weighted by Crippen LogP contribution is -2.43. The number of nitrogens with zero attached hydrogens (tertiary/aromatic N) is 3. The second kappa shape index (κ2) is 7.11. The van der Waals surface area contributed by atoms with E-state index in [1.807, 2.05) is 0 Å². The van der Waals surface area contributed by atoms with Crippen molar-refractivity contribution in [3.63, 3.8) is 0 Å². The fourth-order valence-electron chi connectivity index (χ4n) is 3.41. The van der Waals surface area contributed by atoms with Gasteiger partial charge in [-0.15, -0.1) is 11.8 Å². The van der Waals surface area contributed by atoms with Gasteiger partial charge in [-0.1, -0.05) is 0 Å². The average molecular weight is 414 g/mol. The van der Waals surface area contributed by atoms with E-state index in [9.17, 15) is 14.4 Å². The molecule has 0 radical (unpaired) electrons. The third-order valence-electron chi connectivity index (χ3n) is 4.88. The van der Waals surface area contributed by atoms with Gasteiger partial charge in [0.05, 0.1) is 16.8 Å². The topological polar surface area (TPSA) is 103 Å². The summed E-state index contributed by atoms with van der Waals surface area (Å²) < 4.78 is 12.1. The number of thioether (sulfide) groups is 1. The number of rotatable bonds is 4. The Hall–Kier alpha value is -3.01. The number of fused-ring (bicyclic) bond motifs is 2. The Balaban J connectivity index is 1.36. The van der Waals surface area contributed by atoms with Crippen LogP contribution in [0.3, 0.4) is 0 Å². The minimum Gasteiger partial charge on any atom is -0.486 e. The molecule has 1 aromatic heterocycles. The summed E-state index contributed by atoms with van der Waals surface area (Å²) >= 11 is 1.31. The van der Waals surface area contributed by atoms with Crippen molar-refractivity contribution in [3.8, 4) is 11.5 Å². The van der Waals surface area contributed by atoms with Crippen LogP contribution < -0.4 is 25.2 Å². The number of nitrogens with one attached hydrogen (secondary N) is 1. The van der Waals surface area contributed by atoms with Crippen molar-refractivity contribution in [2.45, 2.75) is 30.3 Å². The highest BCUT2D eigenvalue weighted by Crippen LogP contribution is 2.39. The zero-order valence-corrected chi connectivity index (χ0v) is 16.2. The normalized spacial score (nSPS) is 17.7. The number of hydrogen-bond donors (Lipinski definition) is 1. The van der Waals surface area contributed by atoms with E-state index in [1.54, 1.807) is 29.3 Å². The van der Waals surface area contributed by atoms with E-state index in [0.717, 1.165) is 17.5 Å². The van der Waals surface area contributed by atoms with Gasteiger partial charge < -0.3 is 19.7 Å². The third kappa shape index (κ3) is 3.44. The number of carbonyl (C=O) groups excluding carboxylic acids is 2. The van der Waals surface area contributed by atoms with Crippen molar-refractivity contribution >= 4 is 35.0 Å². The fourth-order valence-corrected chi connectivity index (χ4v) is 4.28. The molecule has 0 saturated heterocycles. The van der Waals surface area contributed by atoms with Crippen LogP contribution in [0.4, 0.5) is 11.4 Å². The summed E-state index contributed by atoms with van der Waals surface area (Å²) in [4.78, 5) is 40.0. The maximum absolute atomic E-state index is 13.0. The van der Waals surface area contributed by atoms with Crippen LogP contribution in [0.1, 0.15) is 12.8 Å². The maximum Gasteiger partial charge on any atom is 0.292 e. The molecule has 3 heterocycles. The number of ether oxygens (including phenoxy) is 2. The number of aromatic nitrogens is 2. The SMILES string of the molecule is O=C(Cn1ncc2c(c1=O)N(C1CC1)C(=O)CS2)Nc1ccc2c(c1)OCCO2. The molecule has 2 aliphatic heterocycles. The first-order chi connectivity index (χ1) is 14.1. The molecular formula is C19H18N4O5S. The lowest BCUT2D eigenvalue weighted by atomic mass is 10.2. The maximum atomic E-state index is 13.0. The van der Waals surface area contributed by atoms with Gasteiger partial charge >= 0.3 is 0 Å². The molecule has 10 heteroatoms. The first-order valence-electron chi connectivity index (χ1n) is 9.34. The van der Waals surface area contributed by atoms with Crippen molar-refractivity contribution in [3.05, 3.63) is 34.7 Å². The molecule has 0 spiro atoms.